The van der Waals surface area contributed by atoms with E-state index in [1.807, 2.05) is 0 Å². The molecule has 1 aliphatic rings. The van der Waals surface area contributed by atoms with E-state index in [-0.39, 0.29) is 5.41 Å². The monoisotopic (exact) mass is 246 g/mol. The van der Waals surface area contributed by atoms with Gasteiger partial charge in [-0.1, -0.05) is 45.4 Å². The summed E-state index contributed by atoms with van der Waals surface area (Å²) in [6.07, 6.45) is 3.99. The van der Waals surface area contributed by atoms with Crippen LogP contribution in [0.1, 0.15) is 45.6 Å². The summed E-state index contributed by atoms with van der Waals surface area (Å²) in [7, 11) is 0. The van der Waals surface area contributed by atoms with Gasteiger partial charge in [-0.15, -0.1) is 0 Å². The average Bonchev–Trinajstić information content (AvgIpc) is 2.37. The number of piperidine rings is 1. The predicted octanol–water partition coefficient (Wildman–Crippen LogP) is 3.54. The van der Waals surface area contributed by atoms with Crippen molar-refractivity contribution in [3.63, 3.8) is 0 Å². The van der Waals surface area contributed by atoms with Crippen molar-refractivity contribution in [3.05, 3.63) is 29.8 Å². The topological polar surface area (TPSA) is 24.1 Å². The van der Waals surface area contributed by atoms with E-state index in [0.29, 0.717) is 6.04 Å². The molecule has 0 amide bonds. The van der Waals surface area contributed by atoms with Gasteiger partial charge in [0, 0.05) is 18.3 Å². The van der Waals surface area contributed by atoms with Gasteiger partial charge < -0.3 is 10.6 Å². The van der Waals surface area contributed by atoms with Crippen LogP contribution in [0, 0.1) is 0 Å². The van der Waals surface area contributed by atoms with Crippen molar-refractivity contribution < 1.29 is 0 Å². The van der Waals surface area contributed by atoms with E-state index in [1.165, 1.54) is 37.1 Å². The Hall–Kier alpha value is -1.02. The molecule has 2 nitrogen and oxygen atoms in total. The fourth-order valence-electron chi connectivity index (χ4n) is 2.62. The standard InChI is InChI=1S/C16H26N2/c1-16(2,3)14-9-4-5-10-15(14)18-12-13-8-6-7-11-17-13/h4-5,9-10,13,17-18H,6-8,11-12H2,1-3H3. The number of hydrogen-bond donors (Lipinski definition) is 2. The highest BCUT2D eigenvalue weighted by atomic mass is 15.0. The lowest BCUT2D eigenvalue weighted by Crippen LogP contribution is -2.39. The van der Waals surface area contributed by atoms with Crippen LogP contribution in [0.2, 0.25) is 0 Å². The third-order valence-electron chi connectivity index (χ3n) is 3.69. The Labute approximate surface area is 111 Å². The summed E-state index contributed by atoms with van der Waals surface area (Å²) in [6, 6.07) is 9.31. The first-order chi connectivity index (χ1) is 8.57. The first kappa shape index (κ1) is 13.4. The summed E-state index contributed by atoms with van der Waals surface area (Å²) in [6.45, 7) is 9.02. The van der Waals surface area contributed by atoms with Crippen LogP contribution in [-0.4, -0.2) is 19.1 Å². The van der Waals surface area contributed by atoms with Crippen LogP contribution in [0.3, 0.4) is 0 Å². The molecule has 0 saturated carbocycles. The minimum absolute atomic E-state index is 0.198. The highest BCUT2D eigenvalue weighted by Gasteiger charge is 2.18. The molecule has 1 fully saturated rings. The summed E-state index contributed by atoms with van der Waals surface area (Å²) in [4.78, 5) is 0. The molecule has 0 aromatic heterocycles. The number of nitrogens with one attached hydrogen (secondary N) is 2. The summed E-state index contributed by atoms with van der Waals surface area (Å²) in [5.74, 6) is 0. The molecule has 1 aromatic rings. The molecular weight excluding hydrogens is 220 g/mol. The second-order valence-electron chi connectivity index (χ2n) is 6.32. The smallest absolute Gasteiger partial charge is 0.0378 e. The van der Waals surface area contributed by atoms with Crippen molar-refractivity contribution in [2.24, 2.45) is 0 Å². The molecule has 2 heteroatoms. The van der Waals surface area contributed by atoms with Crippen LogP contribution < -0.4 is 10.6 Å². The third-order valence-corrected chi connectivity index (χ3v) is 3.69. The van der Waals surface area contributed by atoms with Crippen molar-refractivity contribution in [3.8, 4) is 0 Å². The first-order valence-electron chi connectivity index (χ1n) is 7.14. The van der Waals surface area contributed by atoms with Gasteiger partial charge in [0.15, 0.2) is 0 Å². The predicted molar refractivity (Wildman–Crippen MR) is 79.3 cm³/mol. The molecule has 100 valence electrons. The minimum Gasteiger partial charge on any atom is -0.383 e. The molecule has 0 radical (unpaired) electrons. The van der Waals surface area contributed by atoms with Gasteiger partial charge in [-0.05, 0) is 36.4 Å². The van der Waals surface area contributed by atoms with Gasteiger partial charge >= 0.3 is 0 Å². The quantitative estimate of drug-likeness (QED) is 0.852. The maximum absolute atomic E-state index is 3.63. The highest BCUT2D eigenvalue weighted by molar-refractivity contribution is 5.54. The second kappa shape index (κ2) is 5.75. The van der Waals surface area contributed by atoms with Gasteiger partial charge in [-0.3, -0.25) is 0 Å². The number of benzene rings is 1. The number of rotatable bonds is 3. The van der Waals surface area contributed by atoms with Crippen molar-refractivity contribution in [1.82, 2.24) is 5.32 Å². The largest absolute Gasteiger partial charge is 0.383 e. The Morgan fingerprint density at radius 3 is 2.67 bits per heavy atom. The molecule has 2 N–H and O–H groups in total. The van der Waals surface area contributed by atoms with Crippen molar-refractivity contribution in [2.75, 3.05) is 18.4 Å². The lowest BCUT2D eigenvalue weighted by atomic mass is 9.86. The molecule has 1 heterocycles. The zero-order chi connectivity index (χ0) is 13.0. The third kappa shape index (κ3) is 3.49. The minimum atomic E-state index is 0.198. The van der Waals surface area contributed by atoms with E-state index in [1.54, 1.807) is 0 Å². The molecule has 0 spiro atoms. The lowest BCUT2D eigenvalue weighted by Gasteiger charge is -2.27. The second-order valence-corrected chi connectivity index (χ2v) is 6.32. The van der Waals surface area contributed by atoms with Gasteiger partial charge in [0.1, 0.15) is 0 Å². The number of para-hydroxylation sites is 1. The summed E-state index contributed by atoms with van der Waals surface area (Å²) in [5, 5.41) is 7.21. The van der Waals surface area contributed by atoms with Gasteiger partial charge in [0.2, 0.25) is 0 Å². The Balaban J connectivity index is 2.00. The molecule has 2 rings (SSSR count). The molecule has 0 bridgehead atoms. The molecular formula is C16H26N2. The fourth-order valence-corrected chi connectivity index (χ4v) is 2.62. The van der Waals surface area contributed by atoms with Gasteiger partial charge in [-0.25, -0.2) is 0 Å². The summed E-state index contributed by atoms with van der Waals surface area (Å²) in [5.41, 5.74) is 2.89. The normalized spacial score (nSPS) is 20.7. The van der Waals surface area contributed by atoms with Crippen LogP contribution in [0.4, 0.5) is 5.69 Å². The van der Waals surface area contributed by atoms with Gasteiger partial charge in [0.05, 0.1) is 0 Å². The van der Waals surface area contributed by atoms with E-state index in [2.05, 4.69) is 55.7 Å². The van der Waals surface area contributed by atoms with Gasteiger partial charge in [0.25, 0.3) is 0 Å². The molecule has 1 unspecified atom stereocenters. The number of hydrogen-bond acceptors (Lipinski definition) is 2. The molecule has 0 aliphatic carbocycles. The van der Waals surface area contributed by atoms with Gasteiger partial charge in [-0.2, -0.15) is 0 Å². The van der Waals surface area contributed by atoms with Crippen LogP contribution in [0.15, 0.2) is 24.3 Å². The molecule has 18 heavy (non-hydrogen) atoms. The van der Waals surface area contributed by atoms with E-state index in [0.717, 1.165) is 6.54 Å². The van der Waals surface area contributed by atoms with E-state index in [9.17, 15) is 0 Å². The van der Waals surface area contributed by atoms with E-state index >= 15 is 0 Å². The Morgan fingerprint density at radius 1 is 1.22 bits per heavy atom. The average molecular weight is 246 g/mol. The van der Waals surface area contributed by atoms with Crippen LogP contribution in [0.25, 0.3) is 0 Å². The van der Waals surface area contributed by atoms with Crippen molar-refractivity contribution >= 4 is 5.69 Å². The van der Waals surface area contributed by atoms with Crippen molar-refractivity contribution in [2.45, 2.75) is 51.5 Å². The zero-order valence-corrected chi connectivity index (χ0v) is 11.9. The highest BCUT2D eigenvalue weighted by Crippen LogP contribution is 2.29. The fraction of sp³-hybridized carbons (Fsp3) is 0.625. The van der Waals surface area contributed by atoms with Crippen LogP contribution in [0.5, 0.6) is 0 Å². The van der Waals surface area contributed by atoms with Crippen molar-refractivity contribution in [1.29, 1.82) is 0 Å². The molecule has 1 aliphatic heterocycles. The van der Waals surface area contributed by atoms with Crippen LogP contribution in [-0.2, 0) is 5.41 Å². The maximum atomic E-state index is 3.63. The molecule has 1 atom stereocenters. The lowest BCUT2D eigenvalue weighted by molar-refractivity contribution is 0.414. The molecule has 1 saturated heterocycles. The van der Waals surface area contributed by atoms with E-state index in [4.69, 9.17) is 0 Å². The molecule has 1 aromatic carbocycles. The first-order valence-corrected chi connectivity index (χ1v) is 7.14. The maximum Gasteiger partial charge on any atom is 0.0378 e. The SMILES string of the molecule is CC(C)(C)c1ccccc1NCC1CCCCN1. The zero-order valence-electron chi connectivity index (χ0n) is 11.9. The summed E-state index contributed by atoms with van der Waals surface area (Å²) >= 11 is 0. The Morgan fingerprint density at radius 2 is 2.00 bits per heavy atom. The van der Waals surface area contributed by atoms with Crippen LogP contribution >= 0.6 is 0 Å². The summed E-state index contributed by atoms with van der Waals surface area (Å²) < 4.78 is 0. The van der Waals surface area contributed by atoms with E-state index < -0.39 is 0 Å². The Bertz CT molecular complexity index is 373. The Kier molecular flexibility index (Phi) is 4.28. The number of anilines is 1.